The molecule has 0 N–H and O–H groups in total. The maximum absolute atomic E-state index is 14.0. The predicted molar refractivity (Wildman–Crippen MR) is 88.9 cm³/mol. The molecule has 0 aliphatic heterocycles. The Balaban J connectivity index is 1.80. The highest BCUT2D eigenvalue weighted by Crippen LogP contribution is 2.34. The van der Waals surface area contributed by atoms with Gasteiger partial charge in [-0.1, -0.05) is 34.4 Å². The van der Waals surface area contributed by atoms with Crippen LogP contribution in [0.2, 0.25) is 10.0 Å². The van der Waals surface area contributed by atoms with E-state index in [9.17, 15) is 17.6 Å². The molecule has 4 rings (SSSR count). The minimum Gasteiger partial charge on any atom is -0.332 e. The molecule has 138 valence electrons. The van der Waals surface area contributed by atoms with Gasteiger partial charge in [-0.25, -0.2) is 9.37 Å². The lowest BCUT2D eigenvalue weighted by Gasteiger charge is -2.07. The van der Waals surface area contributed by atoms with Crippen molar-refractivity contribution in [3.05, 3.63) is 58.1 Å². The minimum atomic E-state index is -4.57. The number of fused-ring (bicyclic) bond motifs is 1. The van der Waals surface area contributed by atoms with Crippen LogP contribution in [-0.2, 0) is 6.18 Å². The number of alkyl halides is 3. The molecule has 0 atom stereocenters. The van der Waals surface area contributed by atoms with Gasteiger partial charge in [-0.2, -0.15) is 18.2 Å². The van der Waals surface area contributed by atoms with E-state index in [1.807, 2.05) is 0 Å². The quantitative estimate of drug-likeness (QED) is 0.404. The molecule has 0 bridgehead atoms. The molecule has 0 aliphatic carbocycles. The first-order chi connectivity index (χ1) is 12.7. The second-order valence-corrected chi connectivity index (χ2v) is 6.27. The van der Waals surface area contributed by atoms with Gasteiger partial charge in [-0.05, 0) is 18.2 Å². The maximum Gasteiger partial charge on any atom is 0.417 e. The third-order valence-corrected chi connectivity index (χ3v) is 4.26. The van der Waals surface area contributed by atoms with E-state index >= 15 is 0 Å². The molecule has 0 radical (unpaired) electrons. The molecule has 0 saturated heterocycles. The molecule has 3 heterocycles. The molecule has 0 aliphatic rings. The average Bonchev–Trinajstić information content (AvgIpc) is 3.20. The van der Waals surface area contributed by atoms with Crippen LogP contribution in [-0.4, -0.2) is 19.5 Å². The third-order valence-electron chi connectivity index (χ3n) is 3.67. The van der Waals surface area contributed by atoms with Crippen molar-refractivity contribution in [2.24, 2.45) is 0 Å². The Kier molecular flexibility index (Phi) is 4.08. The standard InChI is InChI=1S/C16H6Cl2F4N4O/c17-8-2-1-3-10(19)12(8)13-24-15(27-25-13)11-6-26-5-7(16(20,21)22)4-9(18)14(26)23-11/h1-6H. The number of pyridine rings is 1. The van der Waals surface area contributed by atoms with E-state index in [1.54, 1.807) is 0 Å². The zero-order valence-corrected chi connectivity index (χ0v) is 14.4. The van der Waals surface area contributed by atoms with Crippen molar-refractivity contribution in [2.75, 3.05) is 0 Å². The van der Waals surface area contributed by atoms with Gasteiger partial charge in [0.1, 0.15) is 11.5 Å². The molecule has 11 heteroatoms. The highest BCUT2D eigenvalue weighted by Gasteiger charge is 2.32. The Labute approximate surface area is 158 Å². The largest absolute Gasteiger partial charge is 0.417 e. The van der Waals surface area contributed by atoms with Crippen LogP contribution in [0.1, 0.15) is 5.56 Å². The van der Waals surface area contributed by atoms with Crippen LogP contribution in [0.15, 0.2) is 41.2 Å². The van der Waals surface area contributed by atoms with Crippen molar-refractivity contribution in [2.45, 2.75) is 6.18 Å². The smallest absolute Gasteiger partial charge is 0.332 e. The molecule has 0 saturated carbocycles. The van der Waals surface area contributed by atoms with Gasteiger partial charge < -0.3 is 8.92 Å². The topological polar surface area (TPSA) is 56.2 Å². The summed E-state index contributed by atoms with van der Waals surface area (Å²) in [5, 5.41) is 3.54. The summed E-state index contributed by atoms with van der Waals surface area (Å²) in [6.07, 6.45) is -2.49. The van der Waals surface area contributed by atoms with Crippen molar-refractivity contribution in [3.63, 3.8) is 0 Å². The highest BCUT2D eigenvalue weighted by atomic mass is 35.5. The summed E-state index contributed by atoms with van der Waals surface area (Å²) >= 11 is 11.9. The Hall–Kier alpha value is -2.65. The van der Waals surface area contributed by atoms with E-state index in [1.165, 1.54) is 24.4 Å². The van der Waals surface area contributed by atoms with E-state index < -0.39 is 17.6 Å². The summed E-state index contributed by atoms with van der Waals surface area (Å²) in [4.78, 5) is 8.12. The number of benzene rings is 1. The van der Waals surface area contributed by atoms with Crippen molar-refractivity contribution in [1.29, 1.82) is 0 Å². The van der Waals surface area contributed by atoms with Crippen LogP contribution >= 0.6 is 23.2 Å². The van der Waals surface area contributed by atoms with Gasteiger partial charge in [0.05, 0.1) is 21.2 Å². The molecule has 0 unspecified atom stereocenters. The first kappa shape index (κ1) is 17.7. The van der Waals surface area contributed by atoms with Gasteiger partial charge in [-0.15, -0.1) is 0 Å². The maximum atomic E-state index is 14.0. The molecular weight excluding hydrogens is 411 g/mol. The predicted octanol–water partition coefficient (Wildman–Crippen LogP) is 5.52. The van der Waals surface area contributed by atoms with E-state index in [4.69, 9.17) is 27.7 Å². The van der Waals surface area contributed by atoms with Gasteiger partial charge in [0.25, 0.3) is 5.89 Å². The SMILES string of the molecule is Fc1cccc(Cl)c1-c1noc(-c2cn3cc(C(F)(F)F)cc(Cl)c3n2)n1. The summed E-state index contributed by atoms with van der Waals surface area (Å²) in [5.74, 6) is -0.896. The van der Waals surface area contributed by atoms with Crippen LogP contribution in [0, 0.1) is 5.82 Å². The summed E-state index contributed by atoms with van der Waals surface area (Å²) in [6.45, 7) is 0. The number of hydrogen-bond donors (Lipinski definition) is 0. The van der Waals surface area contributed by atoms with Crippen LogP contribution < -0.4 is 0 Å². The molecule has 0 amide bonds. The number of nitrogens with zero attached hydrogens (tertiary/aromatic N) is 4. The van der Waals surface area contributed by atoms with E-state index in [2.05, 4.69) is 15.1 Å². The number of hydrogen-bond acceptors (Lipinski definition) is 4. The molecule has 0 spiro atoms. The Bertz CT molecular complexity index is 1150. The summed E-state index contributed by atoms with van der Waals surface area (Å²) in [7, 11) is 0. The summed E-state index contributed by atoms with van der Waals surface area (Å²) < 4.78 is 58.9. The average molecular weight is 417 g/mol. The van der Waals surface area contributed by atoms with Gasteiger partial charge in [0.2, 0.25) is 5.82 Å². The van der Waals surface area contributed by atoms with Gasteiger partial charge in [-0.3, -0.25) is 0 Å². The van der Waals surface area contributed by atoms with Crippen LogP contribution in [0.3, 0.4) is 0 Å². The Morgan fingerprint density at radius 1 is 1.04 bits per heavy atom. The Morgan fingerprint density at radius 3 is 2.52 bits per heavy atom. The fourth-order valence-electron chi connectivity index (χ4n) is 2.46. The van der Waals surface area contributed by atoms with Crippen molar-refractivity contribution in [1.82, 2.24) is 19.5 Å². The fourth-order valence-corrected chi connectivity index (χ4v) is 2.96. The number of imidazole rings is 1. The zero-order chi connectivity index (χ0) is 19.3. The molecule has 3 aromatic heterocycles. The normalized spacial score (nSPS) is 12.1. The molecule has 27 heavy (non-hydrogen) atoms. The Morgan fingerprint density at radius 2 is 1.81 bits per heavy atom. The van der Waals surface area contributed by atoms with Gasteiger partial charge >= 0.3 is 6.18 Å². The summed E-state index contributed by atoms with van der Waals surface area (Å²) in [6, 6.07) is 4.83. The minimum absolute atomic E-state index is 0.0599. The van der Waals surface area contributed by atoms with E-state index in [0.29, 0.717) is 0 Å². The molecular formula is C16H6Cl2F4N4O. The zero-order valence-electron chi connectivity index (χ0n) is 12.9. The van der Waals surface area contributed by atoms with Gasteiger partial charge in [0.15, 0.2) is 5.65 Å². The highest BCUT2D eigenvalue weighted by molar-refractivity contribution is 6.33. The number of aromatic nitrogens is 4. The second-order valence-electron chi connectivity index (χ2n) is 5.45. The van der Waals surface area contributed by atoms with E-state index in [0.717, 1.165) is 16.7 Å². The van der Waals surface area contributed by atoms with Crippen LogP contribution in [0.5, 0.6) is 0 Å². The lowest BCUT2D eigenvalue weighted by molar-refractivity contribution is -0.137. The first-order valence-corrected chi connectivity index (χ1v) is 8.03. The lowest BCUT2D eigenvalue weighted by atomic mass is 10.2. The van der Waals surface area contributed by atoms with Crippen molar-refractivity contribution < 1.29 is 22.1 Å². The van der Waals surface area contributed by atoms with Crippen molar-refractivity contribution >= 4 is 28.8 Å². The first-order valence-electron chi connectivity index (χ1n) is 7.28. The summed E-state index contributed by atoms with van der Waals surface area (Å²) in [5.41, 5.74) is -0.852. The monoisotopic (exact) mass is 416 g/mol. The molecule has 4 aromatic rings. The number of rotatable bonds is 2. The fraction of sp³-hybridized carbons (Fsp3) is 0.0625. The third kappa shape index (κ3) is 3.13. The lowest BCUT2D eigenvalue weighted by Crippen LogP contribution is -2.06. The second kappa shape index (κ2) is 6.21. The van der Waals surface area contributed by atoms with Gasteiger partial charge in [0, 0.05) is 12.4 Å². The molecule has 5 nitrogen and oxygen atoms in total. The molecule has 0 fully saturated rings. The molecule has 1 aromatic carbocycles. The van der Waals surface area contributed by atoms with E-state index in [-0.39, 0.29) is 38.7 Å². The van der Waals surface area contributed by atoms with Crippen molar-refractivity contribution in [3.8, 4) is 23.0 Å². The van der Waals surface area contributed by atoms with Crippen LogP contribution in [0.4, 0.5) is 17.6 Å². The van der Waals surface area contributed by atoms with Crippen LogP contribution in [0.25, 0.3) is 28.6 Å². The number of halogens is 6.